The van der Waals surface area contributed by atoms with Crippen LogP contribution < -0.4 is 0 Å². The van der Waals surface area contributed by atoms with E-state index in [1.165, 1.54) is 70.6 Å². The van der Waals surface area contributed by atoms with Crippen LogP contribution in [-0.2, 0) is 4.74 Å². The van der Waals surface area contributed by atoms with Crippen LogP contribution in [0.5, 0.6) is 0 Å². The number of aliphatic hydroxyl groups excluding tert-OH is 1. The van der Waals surface area contributed by atoms with Crippen LogP contribution in [0.2, 0.25) is 0 Å². The van der Waals surface area contributed by atoms with Crippen LogP contribution in [-0.4, -0.2) is 25.4 Å². The zero-order valence-corrected chi connectivity index (χ0v) is 12.2. The fourth-order valence-corrected chi connectivity index (χ4v) is 3.13. The highest BCUT2D eigenvalue weighted by Crippen LogP contribution is 2.25. The van der Waals surface area contributed by atoms with Gasteiger partial charge in [-0.1, -0.05) is 51.4 Å². The number of hydrogen-bond donors (Lipinski definition) is 1. The Labute approximate surface area is 113 Å². The summed E-state index contributed by atoms with van der Waals surface area (Å²) in [6.07, 6.45) is 15.1. The molecular formula is C16H32O2. The van der Waals surface area contributed by atoms with Gasteiger partial charge in [-0.25, -0.2) is 0 Å². The molecule has 0 aromatic rings. The number of rotatable bonds is 4. The maximum Gasteiger partial charge on any atom is 0.0464 e. The lowest BCUT2D eigenvalue weighted by Crippen LogP contribution is -2.09. The third-order valence-corrected chi connectivity index (χ3v) is 4.44. The van der Waals surface area contributed by atoms with Crippen LogP contribution in [0.3, 0.4) is 0 Å². The number of hydrogen-bond acceptors (Lipinski definition) is 2. The normalized spacial score (nSPS) is 22.3. The molecule has 2 heteroatoms. The molecule has 18 heavy (non-hydrogen) atoms. The molecule has 0 heterocycles. The van der Waals surface area contributed by atoms with Crippen molar-refractivity contribution < 1.29 is 9.84 Å². The molecule has 2 fully saturated rings. The fourth-order valence-electron chi connectivity index (χ4n) is 3.13. The molecule has 2 saturated carbocycles. The van der Waals surface area contributed by atoms with E-state index in [2.05, 4.69) is 0 Å². The third kappa shape index (κ3) is 7.38. The van der Waals surface area contributed by atoms with Gasteiger partial charge in [0, 0.05) is 20.3 Å². The Balaban J connectivity index is 0.000000184. The second-order valence-electron chi connectivity index (χ2n) is 5.97. The van der Waals surface area contributed by atoms with Crippen molar-refractivity contribution in [2.75, 3.05) is 20.3 Å². The molecule has 0 aromatic carbocycles. The molecule has 0 aliphatic heterocycles. The number of ether oxygens (including phenoxy) is 1. The van der Waals surface area contributed by atoms with Gasteiger partial charge < -0.3 is 9.84 Å². The summed E-state index contributed by atoms with van der Waals surface area (Å²) in [5.74, 6) is 1.62. The summed E-state index contributed by atoms with van der Waals surface area (Å²) >= 11 is 0. The topological polar surface area (TPSA) is 29.5 Å². The van der Waals surface area contributed by atoms with Crippen molar-refractivity contribution in [1.82, 2.24) is 0 Å². The van der Waals surface area contributed by atoms with E-state index in [4.69, 9.17) is 9.84 Å². The molecule has 0 aromatic heterocycles. The number of methoxy groups -OCH3 is 1. The SMILES string of the molecule is COCCC1CCCCC1.OCC1CCCCC1. The second-order valence-corrected chi connectivity index (χ2v) is 5.97. The predicted molar refractivity (Wildman–Crippen MR) is 76.7 cm³/mol. The van der Waals surface area contributed by atoms with Gasteiger partial charge in [0.1, 0.15) is 0 Å². The molecule has 0 atom stereocenters. The van der Waals surface area contributed by atoms with Crippen molar-refractivity contribution in [1.29, 1.82) is 0 Å². The van der Waals surface area contributed by atoms with E-state index < -0.39 is 0 Å². The van der Waals surface area contributed by atoms with Crippen molar-refractivity contribution in [3.63, 3.8) is 0 Å². The van der Waals surface area contributed by atoms with E-state index in [0.717, 1.165) is 12.5 Å². The maximum absolute atomic E-state index is 8.69. The van der Waals surface area contributed by atoms with Crippen molar-refractivity contribution in [3.05, 3.63) is 0 Å². The molecule has 2 aliphatic carbocycles. The monoisotopic (exact) mass is 256 g/mol. The molecule has 2 aliphatic rings. The Morgan fingerprint density at radius 2 is 1.33 bits per heavy atom. The average molecular weight is 256 g/mol. The predicted octanol–water partition coefficient (Wildman–Crippen LogP) is 4.16. The molecule has 2 nitrogen and oxygen atoms in total. The van der Waals surface area contributed by atoms with E-state index in [-0.39, 0.29) is 0 Å². The molecular weight excluding hydrogens is 224 g/mol. The van der Waals surface area contributed by atoms with Crippen LogP contribution in [0.1, 0.15) is 70.6 Å². The first-order valence-corrected chi connectivity index (χ1v) is 7.96. The highest BCUT2D eigenvalue weighted by molar-refractivity contribution is 4.65. The first-order chi connectivity index (χ1) is 8.86. The average Bonchev–Trinajstić information content (AvgIpc) is 2.48. The van der Waals surface area contributed by atoms with Gasteiger partial charge in [-0.2, -0.15) is 0 Å². The molecule has 0 saturated heterocycles. The van der Waals surface area contributed by atoms with Gasteiger partial charge >= 0.3 is 0 Å². The van der Waals surface area contributed by atoms with Gasteiger partial charge in [0.25, 0.3) is 0 Å². The molecule has 0 unspecified atom stereocenters. The molecule has 2 rings (SSSR count). The van der Waals surface area contributed by atoms with Crippen LogP contribution in [0.15, 0.2) is 0 Å². The van der Waals surface area contributed by atoms with Crippen LogP contribution >= 0.6 is 0 Å². The summed E-state index contributed by atoms with van der Waals surface area (Å²) in [6, 6.07) is 0. The summed E-state index contributed by atoms with van der Waals surface area (Å²) in [6.45, 7) is 1.38. The second kappa shape index (κ2) is 10.8. The van der Waals surface area contributed by atoms with Crippen molar-refractivity contribution >= 4 is 0 Å². The zero-order valence-electron chi connectivity index (χ0n) is 12.2. The summed E-state index contributed by atoms with van der Waals surface area (Å²) < 4.78 is 5.04. The van der Waals surface area contributed by atoms with E-state index in [9.17, 15) is 0 Å². The van der Waals surface area contributed by atoms with E-state index >= 15 is 0 Å². The van der Waals surface area contributed by atoms with Gasteiger partial charge in [-0.05, 0) is 31.1 Å². The third-order valence-electron chi connectivity index (χ3n) is 4.44. The standard InChI is InChI=1S/C9H18O.C7H14O/c1-10-8-7-9-5-3-2-4-6-9;8-6-7-4-2-1-3-5-7/h9H,2-8H2,1H3;7-8H,1-6H2. The van der Waals surface area contributed by atoms with E-state index in [1.807, 2.05) is 0 Å². The molecule has 0 bridgehead atoms. The van der Waals surface area contributed by atoms with Crippen molar-refractivity contribution in [2.24, 2.45) is 11.8 Å². The fraction of sp³-hybridized carbons (Fsp3) is 1.00. The minimum Gasteiger partial charge on any atom is -0.396 e. The molecule has 0 radical (unpaired) electrons. The quantitative estimate of drug-likeness (QED) is 0.818. The smallest absolute Gasteiger partial charge is 0.0464 e. The lowest BCUT2D eigenvalue weighted by molar-refractivity contribution is 0.166. The maximum atomic E-state index is 8.69. The van der Waals surface area contributed by atoms with Gasteiger partial charge in [0.15, 0.2) is 0 Å². The highest BCUT2D eigenvalue weighted by Gasteiger charge is 2.12. The van der Waals surface area contributed by atoms with Gasteiger partial charge in [-0.15, -0.1) is 0 Å². The summed E-state index contributed by atoms with van der Waals surface area (Å²) in [7, 11) is 1.79. The molecule has 108 valence electrons. The minimum atomic E-state index is 0.417. The van der Waals surface area contributed by atoms with E-state index in [0.29, 0.717) is 12.5 Å². The summed E-state index contributed by atoms with van der Waals surface area (Å²) in [5, 5.41) is 8.69. The summed E-state index contributed by atoms with van der Waals surface area (Å²) in [4.78, 5) is 0. The van der Waals surface area contributed by atoms with Crippen LogP contribution in [0.4, 0.5) is 0 Å². The first kappa shape index (κ1) is 16.0. The van der Waals surface area contributed by atoms with Crippen LogP contribution in [0.25, 0.3) is 0 Å². The van der Waals surface area contributed by atoms with Crippen molar-refractivity contribution in [2.45, 2.75) is 70.6 Å². The van der Waals surface area contributed by atoms with Gasteiger partial charge in [-0.3, -0.25) is 0 Å². The first-order valence-electron chi connectivity index (χ1n) is 7.96. The molecule has 0 spiro atoms. The minimum absolute atomic E-state index is 0.417. The Hall–Kier alpha value is -0.0800. The van der Waals surface area contributed by atoms with Crippen molar-refractivity contribution in [3.8, 4) is 0 Å². The molecule has 1 N–H and O–H groups in total. The Morgan fingerprint density at radius 1 is 0.833 bits per heavy atom. The zero-order chi connectivity index (χ0) is 13.1. The summed E-state index contributed by atoms with van der Waals surface area (Å²) in [5.41, 5.74) is 0. The highest BCUT2D eigenvalue weighted by atomic mass is 16.5. The largest absolute Gasteiger partial charge is 0.396 e. The number of aliphatic hydroxyl groups is 1. The lowest BCUT2D eigenvalue weighted by atomic mass is 9.87. The Morgan fingerprint density at radius 3 is 1.72 bits per heavy atom. The van der Waals surface area contributed by atoms with E-state index in [1.54, 1.807) is 7.11 Å². The molecule has 0 amide bonds. The van der Waals surface area contributed by atoms with Crippen LogP contribution in [0, 0.1) is 11.8 Å². The Bertz CT molecular complexity index is 170. The lowest BCUT2D eigenvalue weighted by Gasteiger charge is -2.20. The Kier molecular flexibility index (Phi) is 9.59. The van der Waals surface area contributed by atoms with Gasteiger partial charge in [0.2, 0.25) is 0 Å². The van der Waals surface area contributed by atoms with Gasteiger partial charge in [0.05, 0.1) is 0 Å².